The summed E-state index contributed by atoms with van der Waals surface area (Å²) in [6, 6.07) is 6.45. The summed E-state index contributed by atoms with van der Waals surface area (Å²) in [5.41, 5.74) is 1.88. The zero-order valence-electron chi connectivity index (χ0n) is 12.8. The normalized spacial score (nSPS) is 29.1. The Morgan fingerprint density at radius 2 is 2.24 bits per heavy atom. The maximum atomic E-state index is 11.7. The Bertz CT molecular complexity index is 557. The van der Waals surface area contributed by atoms with E-state index < -0.39 is 11.5 Å². The highest BCUT2D eigenvalue weighted by Gasteiger charge is 2.47. The lowest BCUT2D eigenvalue weighted by atomic mass is 9.84. The van der Waals surface area contributed by atoms with Crippen LogP contribution in [0.2, 0.25) is 0 Å². The lowest BCUT2D eigenvalue weighted by molar-refractivity contribution is -0.150. The highest BCUT2D eigenvalue weighted by atomic mass is 16.5. The third kappa shape index (κ3) is 2.31. The van der Waals surface area contributed by atoms with Crippen LogP contribution in [0.15, 0.2) is 18.2 Å². The number of carbonyl (C=O) groups is 1. The van der Waals surface area contributed by atoms with Gasteiger partial charge in [-0.3, -0.25) is 9.69 Å². The quantitative estimate of drug-likeness (QED) is 0.929. The van der Waals surface area contributed by atoms with Gasteiger partial charge in [-0.05, 0) is 68.8 Å². The first-order valence-electron chi connectivity index (χ1n) is 7.73. The van der Waals surface area contributed by atoms with Crippen LogP contribution in [-0.4, -0.2) is 35.2 Å². The van der Waals surface area contributed by atoms with Crippen molar-refractivity contribution >= 4 is 5.97 Å². The average molecular weight is 289 g/mol. The molecule has 4 nitrogen and oxygen atoms in total. The number of ether oxygens (including phenoxy) is 1. The number of benzene rings is 1. The van der Waals surface area contributed by atoms with Crippen molar-refractivity contribution < 1.29 is 14.6 Å². The standard InChI is InChI=1S/C17H23NO3/c1-17(16(19)20)9-4-10-18(17)15-6-3-5-12-11-13(21-2)7-8-14(12)15/h7-8,11,15H,3-6,9-10H2,1-2H3,(H,19,20). The number of rotatable bonds is 3. The van der Waals surface area contributed by atoms with Gasteiger partial charge in [-0.15, -0.1) is 0 Å². The Morgan fingerprint density at radius 3 is 2.95 bits per heavy atom. The predicted molar refractivity (Wildman–Crippen MR) is 80.7 cm³/mol. The van der Waals surface area contributed by atoms with E-state index in [4.69, 9.17) is 4.74 Å². The zero-order valence-corrected chi connectivity index (χ0v) is 12.8. The topological polar surface area (TPSA) is 49.8 Å². The first-order chi connectivity index (χ1) is 10.1. The Kier molecular flexibility index (Phi) is 3.66. The van der Waals surface area contributed by atoms with Gasteiger partial charge in [0.25, 0.3) is 0 Å². The van der Waals surface area contributed by atoms with Crippen LogP contribution in [0.25, 0.3) is 0 Å². The van der Waals surface area contributed by atoms with Crippen LogP contribution in [0.5, 0.6) is 5.75 Å². The van der Waals surface area contributed by atoms with E-state index in [-0.39, 0.29) is 6.04 Å². The number of methoxy groups -OCH3 is 1. The molecule has 1 aromatic rings. The molecule has 1 N–H and O–H groups in total. The van der Waals surface area contributed by atoms with Gasteiger partial charge in [0.05, 0.1) is 7.11 Å². The Labute approximate surface area is 125 Å². The minimum absolute atomic E-state index is 0.225. The van der Waals surface area contributed by atoms with Gasteiger partial charge in [-0.25, -0.2) is 0 Å². The van der Waals surface area contributed by atoms with Gasteiger partial charge in [-0.2, -0.15) is 0 Å². The van der Waals surface area contributed by atoms with Gasteiger partial charge in [-0.1, -0.05) is 6.07 Å². The molecule has 0 saturated carbocycles. The second-order valence-electron chi connectivity index (χ2n) is 6.35. The molecular weight excluding hydrogens is 266 g/mol. The summed E-state index contributed by atoms with van der Waals surface area (Å²) in [6.45, 7) is 2.75. The van der Waals surface area contributed by atoms with Crippen molar-refractivity contribution in [3.63, 3.8) is 0 Å². The van der Waals surface area contributed by atoms with E-state index in [1.165, 1.54) is 11.1 Å². The first-order valence-corrected chi connectivity index (χ1v) is 7.73. The molecule has 1 aliphatic heterocycles. The molecular formula is C17H23NO3. The predicted octanol–water partition coefficient (Wildman–Crippen LogP) is 3.01. The van der Waals surface area contributed by atoms with Gasteiger partial charge < -0.3 is 9.84 Å². The number of carboxylic acids is 1. The third-order valence-electron chi connectivity index (χ3n) is 5.17. The number of fused-ring (bicyclic) bond motifs is 1. The molecule has 1 aromatic carbocycles. The van der Waals surface area contributed by atoms with Gasteiger partial charge >= 0.3 is 5.97 Å². The van der Waals surface area contributed by atoms with Crippen molar-refractivity contribution in [3.05, 3.63) is 29.3 Å². The SMILES string of the molecule is COc1ccc2c(c1)CCCC2N1CCCC1(C)C(=O)O. The fourth-order valence-corrected chi connectivity index (χ4v) is 3.93. The minimum atomic E-state index is -0.723. The van der Waals surface area contributed by atoms with Crippen molar-refractivity contribution in [2.45, 2.75) is 50.6 Å². The fourth-order valence-electron chi connectivity index (χ4n) is 3.93. The molecule has 0 spiro atoms. The molecule has 114 valence electrons. The second kappa shape index (κ2) is 5.34. The van der Waals surface area contributed by atoms with Crippen molar-refractivity contribution in [3.8, 4) is 5.75 Å². The molecule has 1 saturated heterocycles. The Morgan fingerprint density at radius 1 is 1.43 bits per heavy atom. The average Bonchev–Trinajstić information content (AvgIpc) is 2.89. The molecule has 0 radical (unpaired) electrons. The molecule has 4 heteroatoms. The second-order valence-corrected chi connectivity index (χ2v) is 6.35. The van der Waals surface area contributed by atoms with Gasteiger partial charge in [0.1, 0.15) is 11.3 Å². The highest BCUT2D eigenvalue weighted by molar-refractivity contribution is 5.78. The number of aryl methyl sites for hydroxylation is 1. The molecule has 2 atom stereocenters. The molecule has 1 fully saturated rings. The maximum Gasteiger partial charge on any atom is 0.323 e. The summed E-state index contributed by atoms with van der Waals surface area (Å²) in [7, 11) is 1.68. The molecule has 21 heavy (non-hydrogen) atoms. The summed E-state index contributed by atoms with van der Waals surface area (Å²) in [6.07, 6.45) is 4.91. The summed E-state index contributed by atoms with van der Waals surface area (Å²) >= 11 is 0. The van der Waals surface area contributed by atoms with E-state index in [0.29, 0.717) is 0 Å². The van der Waals surface area contributed by atoms with Gasteiger partial charge in [0, 0.05) is 6.04 Å². The van der Waals surface area contributed by atoms with Crippen LogP contribution in [0, 0.1) is 0 Å². The number of aliphatic carboxylic acids is 1. The third-order valence-corrected chi connectivity index (χ3v) is 5.17. The van der Waals surface area contributed by atoms with Crippen LogP contribution in [-0.2, 0) is 11.2 Å². The Balaban J connectivity index is 1.96. The maximum absolute atomic E-state index is 11.7. The highest BCUT2D eigenvalue weighted by Crippen LogP contribution is 2.43. The minimum Gasteiger partial charge on any atom is -0.497 e. The molecule has 2 unspecified atom stereocenters. The lowest BCUT2D eigenvalue weighted by Crippen LogP contribution is -2.50. The zero-order chi connectivity index (χ0) is 15.0. The van der Waals surface area contributed by atoms with Crippen molar-refractivity contribution in [2.75, 3.05) is 13.7 Å². The first kappa shape index (κ1) is 14.4. The summed E-state index contributed by atoms with van der Waals surface area (Å²) in [5, 5.41) is 9.64. The smallest absolute Gasteiger partial charge is 0.323 e. The summed E-state index contributed by atoms with van der Waals surface area (Å²) in [4.78, 5) is 13.9. The monoisotopic (exact) mass is 289 g/mol. The van der Waals surface area contributed by atoms with Gasteiger partial charge in [0.15, 0.2) is 0 Å². The number of nitrogens with zero attached hydrogens (tertiary/aromatic N) is 1. The van der Waals surface area contributed by atoms with Crippen LogP contribution in [0.1, 0.15) is 49.8 Å². The molecule has 1 aliphatic carbocycles. The van der Waals surface area contributed by atoms with Crippen LogP contribution < -0.4 is 4.74 Å². The molecule has 3 rings (SSSR count). The summed E-state index contributed by atoms with van der Waals surface area (Å²) < 4.78 is 5.31. The van der Waals surface area contributed by atoms with E-state index in [1.54, 1.807) is 7.11 Å². The number of carboxylic acid groups (broad SMARTS) is 1. The summed E-state index contributed by atoms with van der Waals surface area (Å²) in [5.74, 6) is 0.192. The molecule has 0 bridgehead atoms. The molecule has 0 amide bonds. The van der Waals surface area contributed by atoms with Gasteiger partial charge in [0.2, 0.25) is 0 Å². The van der Waals surface area contributed by atoms with E-state index in [1.807, 2.05) is 13.0 Å². The van der Waals surface area contributed by atoms with Crippen molar-refractivity contribution in [2.24, 2.45) is 0 Å². The molecule has 1 heterocycles. The van der Waals surface area contributed by atoms with Crippen LogP contribution >= 0.6 is 0 Å². The molecule has 2 aliphatic rings. The van der Waals surface area contributed by atoms with E-state index in [0.717, 1.165) is 44.4 Å². The van der Waals surface area contributed by atoms with Crippen molar-refractivity contribution in [1.82, 2.24) is 4.90 Å². The van der Waals surface area contributed by atoms with Crippen LogP contribution in [0.4, 0.5) is 0 Å². The lowest BCUT2D eigenvalue weighted by Gasteiger charge is -2.40. The van der Waals surface area contributed by atoms with E-state index in [2.05, 4.69) is 17.0 Å². The molecule has 0 aromatic heterocycles. The Hall–Kier alpha value is -1.55. The van der Waals surface area contributed by atoms with Crippen molar-refractivity contribution in [1.29, 1.82) is 0 Å². The largest absolute Gasteiger partial charge is 0.497 e. The number of likely N-dealkylation sites (tertiary alicyclic amines) is 1. The van der Waals surface area contributed by atoms with E-state index >= 15 is 0 Å². The number of hydrogen-bond acceptors (Lipinski definition) is 3. The van der Waals surface area contributed by atoms with Crippen LogP contribution in [0.3, 0.4) is 0 Å². The number of hydrogen-bond donors (Lipinski definition) is 1. The van der Waals surface area contributed by atoms with E-state index in [9.17, 15) is 9.90 Å². The fraction of sp³-hybridized carbons (Fsp3) is 0.588.